The third kappa shape index (κ3) is 4.41. The molecule has 0 bridgehead atoms. The van der Waals surface area contributed by atoms with Crippen molar-refractivity contribution in [2.75, 3.05) is 0 Å². The highest BCUT2D eigenvalue weighted by Gasteiger charge is 2.23. The summed E-state index contributed by atoms with van der Waals surface area (Å²) in [6, 6.07) is 12.4. The number of hydrogen-bond donors (Lipinski definition) is 2. The molecule has 2 aromatic heterocycles. The fourth-order valence-corrected chi connectivity index (χ4v) is 5.74. The van der Waals surface area contributed by atoms with E-state index in [1.54, 1.807) is 48.8 Å². The van der Waals surface area contributed by atoms with Crippen LogP contribution < -0.4 is 5.46 Å². The SMILES string of the molecule is Cc1ccc(S(=O)(=O)n2cc(C(C)C)c3cc(Cc4c(C)cc(B(O)O)cc4C)ncc32)cc1. The Morgan fingerprint density at radius 2 is 1.62 bits per heavy atom. The third-order valence-electron chi connectivity index (χ3n) is 6.32. The summed E-state index contributed by atoms with van der Waals surface area (Å²) in [5.41, 5.74) is 6.75. The van der Waals surface area contributed by atoms with Gasteiger partial charge in [-0.3, -0.25) is 4.98 Å². The Balaban J connectivity index is 1.81. The van der Waals surface area contributed by atoms with Crippen molar-refractivity contribution in [2.24, 2.45) is 0 Å². The Morgan fingerprint density at radius 3 is 2.18 bits per heavy atom. The van der Waals surface area contributed by atoms with Crippen molar-refractivity contribution in [3.8, 4) is 0 Å². The molecule has 4 aromatic rings. The standard InChI is InChI=1S/C26H29BN2O4S/c1-16(2)25-15-29(34(32,33)22-8-6-17(3)7-9-22)26-14-28-21(13-24(25)26)12-23-18(4)10-20(27(30)31)11-19(23)5/h6-11,13-16,30-31H,12H2,1-5H3. The molecule has 176 valence electrons. The first-order chi connectivity index (χ1) is 16.0. The fraction of sp³-hybridized carbons (Fsp3) is 0.269. The summed E-state index contributed by atoms with van der Waals surface area (Å²) < 4.78 is 28.2. The van der Waals surface area contributed by atoms with Gasteiger partial charge in [0, 0.05) is 23.7 Å². The molecule has 0 unspecified atom stereocenters. The lowest BCUT2D eigenvalue weighted by Crippen LogP contribution is -2.30. The highest BCUT2D eigenvalue weighted by Crippen LogP contribution is 2.31. The minimum atomic E-state index is -3.76. The van der Waals surface area contributed by atoms with Gasteiger partial charge in [-0.05, 0) is 72.6 Å². The minimum Gasteiger partial charge on any atom is -0.423 e. The van der Waals surface area contributed by atoms with Crippen molar-refractivity contribution in [1.29, 1.82) is 0 Å². The topological polar surface area (TPSA) is 92.4 Å². The predicted molar refractivity (Wildman–Crippen MR) is 136 cm³/mol. The third-order valence-corrected chi connectivity index (χ3v) is 8.01. The zero-order chi connectivity index (χ0) is 24.8. The van der Waals surface area contributed by atoms with E-state index in [2.05, 4.69) is 4.98 Å². The molecule has 34 heavy (non-hydrogen) atoms. The number of rotatable bonds is 6. The van der Waals surface area contributed by atoms with E-state index in [9.17, 15) is 18.5 Å². The molecule has 0 fully saturated rings. The van der Waals surface area contributed by atoms with Gasteiger partial charge in [-0.25, -0.2) is 12.4 Å². The van der Waals surface area contributed by atoms with E-state index in [0.717, 1.165) is 38.9 Å². The first-order valence-corrected chi connectivity index (χ1v) is 12.7. The maximum Gasteiger partial charge on any atom is 0.488 e. The molecular weight excluding hydrogens is 447 g/mol. The van der Waals surface area contributed by atoms with Crippen LogP contribution in [0.15, 0.2) is 59.8 Å². The van der Waals surface area contributed by atoms with Crippen molar-refractivity contribution >= 4 is 33.5 Å². The number of pyridine rings is 1. The van der Waals surface area contributed by atoms with Gasteiger partial charge in [0.05, 0.1) is 16.6 Å². The van der Waals surface area contributed by atoms with Crippen LogP contribution in [0.5, 0.6) is 0 Å². The van der Waals surface area contributed by atoms with Gasteiger partial charge in [0.1, 0.15) is 0 Å². The van der Waals surface area contributed by atoms with E-state index in [1.165, 1.54) is 3.97 Å². The van der Waals surface area contributed by atoms with Crippen molar-refractivity contribution in [1.82, 2.24) is 8.96 Å². The van der Waals surface area contributed by atoms with E-state index in [-0.39, 0.29) is 10.8 Å². The molecule has 6 nitrogen and oxygen atoms in total. The molecule has 0 aliphatic carbocycles. The molecule has 0 aliphatic rings. The van der Waals surface area contributed by atoms with Gasteiger partial charge in [-0.2, -0.15) is 0 Å². The maximum atomic E-state index is 13.4. The molecule has 0 saturated carbocycles. The van der Waals surface area contributed by atoms with E-state index < -0.39 is 17.1 Å². The zero-order valence-corrected chi connectivity index (χ0v) is 20.9. The smallest absolute Gasteiger partial charge is 0.423 e. The number of aromatic nitrogens is 2. The molecule has 0 amide bonds. The van der Waals surface area contributed by atoms with Crippen LogP contribution in [0.2, 0.25) is 0 Å². The van der Waals surface area contributed by atoms with E-state index in [0.29, 0.717) is 17.4 Å². The van der Waals surface area contributed by atoms with E-state index >= 15 is 0 Å². The van der Waals surface area contributed by atoms with Gasteiger partial charge in [-0.1, -0.05) is 43.7 Å². The number of hydrogen-bond acceptors (Lipinski definition) is 5. The van der Waals surface area contributed by atoms with Crippen LogP contribution in [0.4, 0.5) is 0 Å². The second kappa shape index (κ2) is 9.02. The van der Waals surface area contributed by atoms with Gasteiger partial charge in [0.2, 0.25) is 0 Å². The van der Waals surface area contributed by atoms with Gasteiger partial charge in [-0.15, -0.1) is 0 Å². The maximum absolute atomic E-state index is 13.4. The van der Waals surface area contributed by atoms with Gasteiger partial charge >= 0.3 is 7.12 Å². The van der Waals surface area contributed by atoms with Crippen LogP contribution in [0, 0.1) is 20.8 Å². The molecule has 0 aliphatic heterocycles. The van der Waals surface area contributed by atoms with Crippen molar-refractivity contribution in [3.63, 3.8) is 0 Å². The summed E-state index contributed by atoms with van der Waals surface area (Å²) in [4.78, 5) is 4.85. The van der Waals surface area contributed by atoms with Crippen molar-refractivity contribution < 1.29 is 18.5 Å². The van der Waals surface area contributed by atoms with E-state index in [4.69, 9.17) is 0 Å². The van der Waals surface area contributed by atoms with Crippen molar-refractivity contribution in [2.45, 2.75) is 51.9 Å². The number of benzene rings is 2. The van der Waals surface area contributed by atoms with Gasteiger partial charge < -0.3 is 10.0 Å². The number of fused-ring (bicyclic) bond motifs is 1. The monoisotopic (exact) mass is 476 g/mol. The van der Waals surface area contributed by atoms with Crippen LogP contribution in [0.25, 0.3) is 10.9 Å². The molecule has 8 heteroatoms. The summed E-state index contributed by atoms with van der Waals surface area (Å²) >= 11 is 0. The summed E-state index contributed by atoms with van der Waals surface area (Å²) in [7, 11) is -5.27. The molecule has 0 atom stereocenters. The second-order valence-corrected chi connectivity index (χ2v) is 11.0. The first-order valence-electron chi connectivity index (χ1n) is 11.3. The number of nitrogens with zero attached hydrogens (tertiary/aromatic N) is 2. The van der Waals surface area contributed by atoms with Crippen LogP contribution in [-0.4, -0.2) is 34.5 Å². The van der Waals surface area contributed by atoms with Crippen LogP contribution >= 0.6 is 0 Å². The molecule has 4 rings (SSSR count). The summed E-state index contributed by atoms with van der Waals surface area (Å²) in [5, 5.41) is 19.9. The largest absolute Gasteiger partial charge is 0.488 e. The Morgan fingerprint density at radius 1 is 1.00 bits per heavy atom. The predicted octanol–water partition coefficient (Wildman–Crippen LogP) is 3.59. The van der Waals surface area contributed by atoms with Crippen LogP contribution in [-0.2, 0) is 16.4 Å². The second-order valence-electron chi connectivity index (χ2n) is 9.23. The highest BCUT2D eigenvalue weighted by atomic mass is 32.2. The first kappa shape index (κ1) is 24.2. The Hall–Kier alpha value is -2.94. The Bertz CT molecular complexity index is 1450. The average molecular weight is 476 g/mol. The molecule has 0 radical (unpaired) electrons. The molecular formula is C26H29BN2O4S. The quantitative estimate of drug-likeness (QED) is 0.415. The molecule has 0 saturated heterocycles. The van der Waals surface area contributed by atoms with Crippen LogP contribution in [0.1, 0.15) is 53.3 Å². The zero-order valence-electron chi connectivity index (χ0n) is 20.1. The highest BCUT2D eigenvalue weighted by molar-refractivity contribution is 7.90. The Labute approximate surface area is 201 Å². The lowest BCUT2D eigenvalue weighted by Gasteiger charge is -2.13. The molecule has 2 N–H and O–H groups in total. The normalized spacial score (nSPS) is 12.0. The fourth-order valence-electron chi connectivity index (χ4n) is 4.38. The summed E-state index contributed by atoms with van der Waals surface area (Å²) in [6.07, 6.45) is 3.91. The number of aryl methyl sites for hydroxylation is 3. The Kier molecular flexibility index (Phi) is 6.42. The molecule has 2 heterocycles. The van der Waals surface area contributed by atoms with Gasteiger partial charge in [0.25, 0.3) is 10.0 Å². The lowest BCUT2D eigenvalue weighted by molar-refractivity contribution is 0.425. The summed E-state index contributed by atoms with van der Waals surface area (Å²) in [6.45, 7) is 9.90. The molecule has 2 aromatic carbocycles. The minimum absolute atomic E-state index is 0.126. The average Bonchev–Trinajstić information content (AvgIpc) is 3.16. The van der Waals surface area contributed by atoms with Crippen LogP contribution in [0.3, 0.4) is 0 Å². The summed E-state index contributed by atoms with van der Waals surface area (Å²) in [5.74, 6) is 0.126. The van der Waals surface area contributed by atoms with Gasteiger partial charge in [0.15, 0.2) is 0 Å². The van der Waals surface area contributed by atoms with E-state index in [1.807, 2.05) is 40.7 Å². The lowest BCUT2D eigenvalue weighted by atomic mass is 9.77. The molecule has 0 spiro atoms. The van der Waals surface area contributed by atoms with Crippen molar-refractivity contribution in [3.05, 3.63) is 88.4 Å².